The number of imidazole rings is 1. The Morgan fingerprint density at radius 2 is 2.21 bits per heavy atom. The summed E-state index contributed by atoms with van der Waals surface area (Å²) in [5.74, 6) is 1.84. The average molecular weight is 297 g/mol. The van der Waals surface area contributed by atoms with E-state index in [0.717, 1.165) is 34.3 Å². The second kappa shape index (κ2) is 5.34. The Hall–Kier alpha value is -0.730. The number of fused-ring (bicyclic) bond motifs is 1. The average Bonchev–Trinajstić information content (AvgIpc) is 2.66. The highest BCUT2D eigenvalue weighted by atomic mass is 35.5. The SMILES string of the molecule is CC(Cl)c1nc2ccc(Cl)cc2n1CCC1CCC1. The number of hydrogen-bond donors (Lipinski definition) is 0. The molecule has 0 aliphatic heterocycles. The summed E-state index contributed by atoms with van der Waals surface area (Å²) in [5.41, 5.74) is 2.09. The lowest BCUT2D eigenvalue weighted by Crippen LogP contribution is -2.15. The molecule has 0 amide bonds. The van der Waals surface area contributed by atoms with Gasteiger partial charge in [-0.2, -0.15) is 0 Å². The molecule has 1 aromatic carbocycles. The molecule has 0 radical (unpaired) electrons. The lowest BCUT2D eigenvalue weighted by molar-refractivity contribution is 0.282. The van der Waals surface area contributed by atoms with Gasteiger partial charge >= 0.3 is 0 Å². The van der Waals surface area contributed by atoms with Crippen molar-refractivity contribution in [3.8, 4) is 0 Å². The van der Waals surface area contributed by atoms with Crippen molar-refractivity contribution in [1.29, 1.82) is 0 Å². The highest BCUT2D eigenvalue weighted by molar-refractivity contribution is 6.31. The second-order valence-corrected chi connectivity index (χ2v) is 6.55. The van der Waals surface area contributed by atoms with E-state index in [0.29, 0.717) is 0 Å². The van der Waals surface area contributed by atoms with E-state index in [1.54, 1.807) is 0 Å². The van der Waals surface area contributed by atoms with Crippen molar-refractivity contribution in [2.75, 3.05) is 0 Å². The Morgan fingerprint density at radius 1 is 1.42 bits per heavy atom. The fourth-order valence-electron chi connectivity index (χ4n) is 2.75. The van der Waals surface area contributed by atoms with Crippen LogP contribution in [0.5, 0.6) is 0 Å². The zero-order valence-corrected chi connectivity index (χ0v) is 12.6. The minimum atomic E-state index is -0.0763. The zero-order valence-electron chi connectivity index (χ0n) is 11.1. The highest BCUT2D eigenvalue weighted by Gasteiger charge is 2.20. The van der Waals surface area contributed by atoms with Gasteiger partial charge in [-0.1, -0.05) is 30.9 Å². The predicted molar refractivity (Wildman–Crippen MR) is 81.0 cm³/mol. The summed E-state index contributed by atoms with van der Waals surface area (Å²) in [6.45, 7) is 2.97. The minimum Gasteiger partial charge on any atom is -0.327 e. The van der Waals surface area contributed by atoms with Crippen molar-refractivity contribution >= 4 is 34.2 Å². The van der Waals surface area contributed by atoms with Crippen LogP contribution in [0.15, 0.2) is 18.2 Å². The summed E-state index contributed by atoms with van der Waals surface area (Å²) >= 11 is 12.4. The van der Waals surface area contributed by atoms with Crippen molar-refractivity contribution in [1.82, 2.24) is 9.55 Å². The number of aryl methyl sites for hydroxylation is 1. The summed E-state index contributed by atoms with van der Waals surface area (Å²) in [4.78, 5) is 4.65. The fourth-order valence-corrected chi connectivity index (χ4v) is 3.08. The van der Waals surface area contributed by atoms with Crippen LogP contribution >= 0.6 is 23.2 Å². The first-order valence-electron chi connectivity index (χ1n) is 6.95. The minimum absolute atomic E-state index is 0.0763. The Morgan fingerprint density at radius 3 is 2.84 bits per heavy atom. The molecule has 1 aliphatic rings. The van der Waals surface area contributed by atoms with Crippen LogP contribution in [-0.4, -0.2) is 9.55 Å². The monoisotopic (exact) mass is 296 g/mol. The normalized spacial score (nSPS) is 17.6. The number of halogens is 2. The molecule has 1 aliphatic carbocycles. The molecule has 0 N–H and O–H groups in total. The van der Waals surface area contributed by atoms with Gasteiger partial charge in [0.2, 0.25) is 0 Å². The van der Waals surface area contributed by atoms with Crippen LogP contribution in [-0.2, 0) is 6.54 Å². The van der Waals surface area contributed by atoms with E-state index in [1.165, 1.54) is 25.7 Å². The Bertz CT molecular complexity index is 585. The van der Waals surface area contributed by atoms with E-state index in [9.17, 15) is 0 Å². The van der Waals surface area contributed by atoms with Gasteiger partial charge in [-0.3, -0.25) is 0 Å². The van der Waals surface area contributed by atoms with Gasteiger partial charge in [0.15, 0.2) is 0 Å². The van der Waals surface area contributed by atoms with E-state index >= 15 is 0 Å². The topological polar surface area (TPSA) is 17.8 Å². The third-order valence-corrected chi connectivity index (χ3v) is 4.51. The smallest absolute Gasteiger partial charge is 0.127 e. The summed E-state index contributed by atoms with van der Waals surface area (Å²) in [6, 6.07) is 5.85. The molecule has 0 bridgehead atoms. The standard InChI is InChI=1S/C15H18Cl2N2/c1-10(16)15-18-13-6-5-12(17)9-14(13)19(15)8-7-11-3-2-4-11/h5-6,9-11H,2-4,7-8H2,1H3. The third-order valence-electron chi connectivity index (χ3n) is 4.08. The number of aromatic nitrogens is 2. The maximum atomic E-state index is 6.27. The van der Waals surface area contributed by atoms with Gasteiger partial charge in [-0.05, 0) is 37.5 Å². The number of benzene rings is 1. The number of rotatable bonds is 4. The lowest BCUT2D eigenvalue weighted by atomic mass is 9.83. The van der Waals surface area contributed by atoms with Gasteiger partial charge in [0, 0.05) is 11.6 Å². The molecular formula is C15H18Cl2N2. The quantitative estimate of drug-likeness (QED) is 0.711. The molecular weight excluding hydrogens is 279 g/mol. The largest absolute Gasteiger partial charge is 0.327 e. The first kappa shape index (κ1) is 13.3. The maximum Gasteiger partial charge on any atom is 0.127 e. The van der Waals surface area contributed by atoms with Crippen molar-refractivity contribution < 1.29 is 0 Å². The summed E-state index contributed by atoms with van der Waals surface area (Å²) < 4.78 is 2.25. The van der Waals surface area contributed by atoms with E-state index in [1.807, 2.05) is 25.1 Å². The van der Waals surface area contributed by atoms with Crippen molar-refractivity contribution in [3.05, 3.63) is 29.0 Å². The van der Waals surface area contributed by atoms with Crippen molar-refractivity contribution in [2.45, 2.75) is 44.5 Å². The van der Waals surface area contributed by atoms with Crippen LogP contribution in [0.3, 0.4) is 0 Å². The van der Waals surface area contributed by atoms with Gasteiger partial charge in [0.1, 0.15) is 5.82 Å². The van der Waals surface area contributed by atoms with Crippen LogP contribution < -0.4 is 0 Å². The molecule has 1 fully saturated rings. The summed E-state index contributed by atoms with van der Waals surface area (Å²) in [6.07, 6.45) is 5.35. The molecule has 1 atom stereocenters. The van der Waals surface area contributed by atoms with Gasteiger partial charge in [-0.25, -0.2) is 4.98 Å². The van der Waals surface area contributed by atoms with Gasteiger partial charge < -0.3 is 4.57 Å². The third kappa shape index (κ3) is 2.61. The van der Waals surface area contributed by atoms with Gasteiger partial charge in [0.05, 0.1) is 16.4 Å². The van der Waals surface area contributed by atoms with Crippen LogP contribution in [0.2, 0.25) is 5.02 Å². The molecule has 0 spiro atoms. The molecule has 1 unspecified atom stereocenters. The zero-order chi connectivity index (χ0) is 13.4. The van der Waals surface area contributed by atoms with E-state index in [2.05, 4.69) is 9.55 Å². The molecule has 102 valence electrons. The molecule has 1 heterocycles. The summed E-state index contributed by atoms with van der Waals surface area (Å²) in [5, 5.41) is 0.679. The Kier molecular flexibility index (Phi) is 3.72. The lowest BCUT2D eigenvalue weighted by Gasteiger charge is -2.25. The molecule has 0 saturated heterocycles. The Balaban J connectivity index is 1.96. The Labute approximate surface area is 123 Å². The van der Waals surface area contributed by atoms with Gasteiger partial charge in [0.25, 0.3) is 0 Å². The molecule has 3 rings (SSSR count). The van der Waals surface area contributed by atoms with E-state index < -0.39 is 0 Å². The first-order chi connectivity index (χ1) is 9.15. The molecule has 19 heavy (non-hydrogen) atoms. The number of alkyl halides is 1. The van der Waals surface area contributed by atoms with Crippen LogP contribution in [0, 0.1) is 5.92 Å². The second-order valence-electron chi connectivity index (χ2n) is 5.46. The first-order valence-corrected chi connectivity index (χ1v) is 7.76. The maximum absolute atomic E-state index is 6.27. The van der Waals surface area contributed by atoms with Crippen LogP contribution in [0.25, 0.3) is 11.0 Å². The predicted octanol–water partition coefficient (Wildman–Crippen LogP) is 5.18. The summed E-state index contributed by atoms with van der Waals surface area (Å²) in [7, 11) is 0. The van der Waals surface area contributed by atoms with Crippen LogP contribution in [0.1, 0.15) is 43.8 Å². The van der Waals surface area contributed by atoms with Crippen molar-refractivity contribution in [2.24, 2.45) is 5.92 Å². The number of nitrogens with zero attached hydrogens (tertiary/aromatic N) is 2. The molecule has 2 aromatic rings. The van der Waals surface area contributed by atoms with Crippen LogP contribution in [0.4, 0.5) is 0 Å². The molecule has 1 aromatic heterocycles. The van der Waals surface area contributed by atoms with Gasteiger partial charge in [-0.15, -0.1) is 11.6 Å². The molecule has 4 heteroatoms. The van der Waals surface area contributed by atoms with E-state index in [4.69, 9.17) is 23.2 Å². The molecule has 2 nitrogen and oxygen atoms in total. The number of hydrogen-bond acceptors (Lipinski definition) is 1. The van der Waals surface area contributed by atoms with Crippen molar-refractivity contribution in [3.63, 3.8) is 0 Å². The molecule has 1 saturated carbocycles. The van der Waals surface area contributed by atoms with E-state index in [-0.39, 0.29) is 5.38 Å². The fraction of sp³-hybridized carbons (Fsp3) is 0.533. The highest BCUT2D eigenvalue weighted by Crippen LogP contribution is 2.32.